The van der Waals surface area contributed by atoms with Crippen LogP contribution < -0.4 is 4.74 Å². The summed E-state index contributed by atoms with van der Waals surface area (Å²) in [6.45, 7) is 3.79. The molecule has 0 radical (unpaired) electrons. The molecular formula is C22H25NO2. The normalized spacial score (nSPS) is 31.4. The summed E-state index contributed by atoms with van der Waals surface area (Å²) in [5, 5.41) is 0. The van der Waals surface area contributed by atoms with Crippen molar-refractivity contribution in [1.82, 2.24) is 4.90 Å². The lowest BCUT2D eigenvalue weighted by atomic mass is 9.80. The number of nitrogens with zero attached hydrogens (tertiary/aromatic N) is 1. The van der Waals surface area contributed by atoms with Gasteiger partial charge in [-0.3, -0.25) is 4.90 Å². The first-order valence-corrected chi connectivity index (χ1v) is 9.46. The summed E-state index contributed by atoms with van der Waals surface area (Å²) < 4.78 is 12.0. The van der Waals surface area contributed by atoms with Crippen molar-refractivity contribution >= 4 is 0 Å². The second-order valence-corrected chi connectivity index (χ2v) is 7.74. The van der Waals surface area contributed by atoms with Gasteiger partial charge in [0.25, 0.3) is 0 Å². The van der Waals surface area contributed by atoms with Gasteiger partial charge in [0, 0.05) is 18.5 Å². The minimum Gasteiger partial charge on any atom is -0.467 e. The van der Waals surface area contributed by atoms with Crippen LogP contribution in [0.5, 0.6) is 5.75 Å². The van der Waals surface area contributed by atoms with Gasteiger partial charge in [0.05, 0.1) is 0 Å². The molecule has 4 atom stereocenters. The molecular weight excluding hydrogens is 310 g/mol. The molecule has 1 saturated heterocycles. The zero-order valence-corrected chi connectivity index (χ0v) is 14.7. The molecule has 2 heterocycles. The number of para-hydroxylation sites is 1. The Morgan fingerprint density at radius 2 is 1.76 bits per heavy atom. The molecule has 25 heavy (non-hydrogen) atoms. The van der Waals surface area contributed by atoms with Crippen LogP contribution in [0.1, 0.15) is 48.3 Å². The van der Waals surface area contributed by atoms with Crippen molar-refractivity contribution in [3.63, 3.8) is 0 Å². The lowest BCUT2D eigenvalue weighted by Gasteiger charge is -2.38. The van der Waals surface area contributed by atoms with E-state index in [-0.39, 0.29) is 6.23 Å². The number of rotatable bonds is 1. The molecule has 3 nitrogen and oxygen atoms in total. The van der Waals surface area contributed by atoms with Gasteiger partial charge in [-0.05, 0) is 47.9 Å². The third-order valence-corrected chi connectivity index (χ3v) is 6.26. The maximum Gasteiger partial charge on any atom is 0.190 e. The van der Waals surface area contributed by atoms with Crippen LogP contribution >= 0.6 is 0 Å². The lowest BCUT2D eigenvalue weighted by Crippen LogP contribution is -2.44. The first kappa shape index (κ1) is 15.4. The van der Waals surface area contributed by atoms with Gasteiger partial charge in [-0.25, -0.2) is 0 Å². The standard InChI is InChI=1S/C22H25NO2/c1-15-10-18(11-16-6-2-3-7-19(15)16)23-13-17-12-22(23)25-14-24-21-9-5-4-8-20(17)21/h2-9,15,17-18,22H,10-14H2,1H3/t15?,17?,18-,22?/m1/s1. The monoisotopic (exact) mass is 335 g/mol. The highest BCUT2D eigenvalue weighted by Gasteiger charge is 2.41. The van der Waals surface area contributed by atoms with E-state index in [1.54, 1.807) is 0 Å². The van der Waals surface area contributed by atoms with Crippen molar-refractivity contribution in [2.75, 3.05) is 13.3 Å². The number of ether oxygens (including phenoxy) is 2. The van der Waals surface area contributed by atoms with Crippen molar-refractivity contribution in [2.45, 2.75) is 50.3 Å². The van der Waals surface area contributed by atoms with E-state index in [2.05, 4.69) is 54.3 Å². The van der Waals surface area contributed by atoms with E-state index in [1.807, 2.05) is 6.07 Å². The fraction of sp³-hybridized carbons (Fsp3) is 0.455. The van der Waals surface area contributed by atoms with Crippen LogP contribution in [0.15, 0.2) is 48.5 Å². The largest absolute Gasteiger partial charge is 0.467 e. The number of hydrogen-bond donors (Lipinski definition) is 0. The van der Waals surface area contributed by atoms with Crippen LogP contribution in [0.3, 0.4) is 0 Å². The van der Waals surface area contributed by atoms with Crippen LogP contribution in [0, 0.1) is 0 Å². The molecule has 2 aromatic carbocycles. The number of benzene rings is 2. The molecule has 0 aromatic heterocycles. The van der Waals surface area contributed by atoms with Crippen molar-refractivity contribution in [3.8, 4) is 5.75 Å². The Bertz CT molecular complexity index is 774. The van der Waals surface area contributed by atoms with Crippen molar-refractivity contribution in [2.24, 2.45) is 0 Å². The Morgan fingerprint density at radius 1 is 0.960 bits per heavy atom. The number of hydrogen-bond acceptors (Lipinski definition) is 3. The molecule has 1 aliphatic carbocycles. The van der Waals surface area contributed by atoms with Gasteiger partial charge in [-0.1, -0.05) is 49.4 Å². The van der Waals surface area contributed by atoms with Gasteiger partial charge in [0.15, 0.2) is 6.79 Å². The van der Waals surface area contributed by atoms with Crippen LogP contribution in [0.25, 0.3) is 0 Å². The molecule has 3 aliphatic rings. The van der Waals surface area contributed by atoms with E-state index in [1.165, 1.54) is 23.1 Å². The van der Waals surface area contributed by atoms with Gasteiger partial charge in [0.1, 0.15) is 12.0 Å². The van der Waals surface area contributed by atoms with Crippen LogP contribution in [0.4, 0.5) is 0 Å². The molecule has 3 unspecified atom stereocenters. The molecule has 2 aliphatic heterocycles. The second kappa shape index (κ2) is 6.15. The molecule has 130 valence electrons. The Hall–Kier alpha value is -1.84. The van der Waals surface area contributed by atoms with E-state index in [0.29, 0.717) is 24.7 Å². The summed E-state index contributed by atoms with van der Waals surface area (Å²) >= 11 is 0. The highest BCUT2D eigenvalue weighted by molar-refractivity contribution is 5.38. The van der Waals surface area contributed by atoms with E-state index in [9.17, 15) is 0 Å². The van der Waals surface area contributed by atoms with Crippen molar-refractivity contribution < 1.29 is 9.47 Å². The number of likely N-dealkylation sites (tertiary alicyclic amines) is 1. The highest BCUT2D eigenvalue weighted by atomic mass is 16.7. The molecule has 5 rings (SSSR count). The van der Waals surface area contributed by atoms with Gasteiger partial charge < -0.3 is 9.47 Å². The average molecular weight is 335 g/mol. The first-order valence-electron chi connectivity index (χ1n) is 9.46. The zero-order valence-electron chi connectivity index (χ0n) is 14.7. The Morgan fingerprint density at radius 3 is 2.68 bits per heavy atom. The summed E-state index contributed by atoms with van der Waals surface area (Å²) in [6.07, 6.45) is 3.61. The lowest BCUT2D eigenvalue weighted by molar-refractivity contribution is -0.107. The predicted molar refractivity (Wildman–Crippen MR) is 97.8 cm³/mol. The molecule has 3 heteroatoms. The van der Waals surface area contributed by atoms with Gasteiger partial charge in [0.2, 0.25) is 0 Å². The van der Waals surface area contributed by atoms with Crippen LogP contribution in [-0.4, -0.2) is 30.5 Å². The van der Waals surface area contributed by atoms with Gasteiger partial charge in [-0.15, -0.1) is 0 Å². The Labute approximate surface area is 149 Å². The molecule has 0 amide bonds. The molecule has 0 N–H and O–H groups in total. The fourth-order valence-electron chi connectivity index (χ4n) is 5.05. The molecule has 1 fully saturated rings. The smallest absolute Gasteiger partial charge is 0.190 e. The van der Waals surface area contributed by atoms with Gasteiger partial charge in [-0.2, -0.15) is 0 Å². The van der Waals surface area contributed by atoms with Crippen molar-refractivity contribution in [1.29, 1.82) is 0 Å². The van der Waals surface area contributed by atoms with E-state index in [0.717, 1.165) is 25.1 Å². The molecule has 2 bridgehead atoms. The van der Waals surface area contributed by atoms with Crippen molar-refractivity contribution in [3.05, 3.63) is 65.2 Å². The Balaban J connectivity index is 1.43. The first-order chi connectivity index (χ1) is 12.3. The number of fused-ring (bicyclic) bond motifs is 5. The SMILES string of the molecule is CC1C[C@@H](N2CC3CC2OCOc2ccccc23)Cc2ccccc21. The topological polar surface area (TPSA) is 21.7 Å². The summed E-state index contributed by atoms with van der Waals surface area (Å²) in [6, 6.07) is 18.0. The quantitative estimate of drug-likeness (QED) is 0.776. The fourth-order valence-corrected chi connectivity index (χ4v) is 5.05. The molecule has 0 spiro atoms. The summed E-state index contributed by atoms with van der Waals surface area (Å²) in [4.78, 5) is 2.61. The predicted octanol–water partition coefficient (Wildman–Crippen LogP) is 4.29. The molecule has 0 saturated carbocycles. The zero-order chi connectivity index (χ0) is 16.8. The summed E-state index contributed by atoms with van der Waals surface area (Å²) in [5.74, 6) is 2.12. The van der Waals surface area contributed by atoms with Crippen LogP contribution in [-0.2, 0) is 11.2 Å². The maximum absolute atomic E-state index is 6.12. The van der Waals surface area contributed by atoms with Crippen LogP contribution in [0.2, 0.25) is 0 Å². The Kier molecular flexibility index (Phi) is 3.79. The van der Waals surface area contributed by atoms with E-state index in [4.69, 9.17) is 9.47 Å². The minimum absolute atomic E-state index is 0.181. The maximum atomic E-state index is 6.12. The average Bonchev–Trinajstić information content (AvgIpc) is 3.07. The van der Waals surface area contributed by atoms with Gasteiger partial charge >= 0.3 is 0 Å². The third kappa shape index (κ3) is 2.66. The summed E-state index contributed by atoms with van der Waals surface area (Å²) in [5.41, 5.74) is 4.40. The summed E-state index contributed by atoms with van der Waals surface area (Å²) in [7, 11) is 0. The van der Waals surface area contributed by atoms with E-state index < -0.39 is 0 Å². The highest BCUT2D eigenvalue weighted by Crippen LogP contribution is 2.42. The minimum atomic E-state index is 0.181. The molecule has 2 aromatic rings. The second-order valence-electron chi connectivity index (χ2n) is 7.74. The van der Waals surface area contributed by atoms with E-state index >= 15 is 0 Å². The third-order valence-electron chi connectivity index (χ3n) is 6.26.